The minimum atomic E-state index is 0.346. The average Bonchev–Trinajstić information content (AvgIpc) is 2.18. The summed E-state index contributed by atoms with van der Waals surface area (Å²) in [5.41, 5.74) is 7.14. The van der Waals surface area contributed by atoms with Gasteiger partial charge in [0.1, 0.15) is 0 Å². The molecule has 0 aromatic carbocycles. The van der Waals surface area contributed by atoms with Crippen molar-refractivity contribution in [2.24, 2.45) is 5.73 Å². The van der Waals surface area contributed by atoms with Crippen LogP contribution in [0.25, 0.3) is 0 Å². The molecule has 82 valence electrons. The van der Waals surface area contributed by atoms with Crippen LogP contribution in [0.4, 0.5) is 0 Å². The van der Waals surface area contributed by atoms with Gasteiger partial charge in [0.15, 0.2) is 0 Å². The topological polar surface area (TPSA) is 42.1 Å². The monoisotopic (exact) mass is 205 g/mol. The Morgan fingerprint density at radius 3 is 2.60 bits per heavy atom. The molecule has 3 nitrogen and oxygen atoms in total. The fraction of sp³-hybridized carbons (Fsp3) is 0.583. The third-order valence-corrected chi connectivity index (χ3v) is 3.46. The number of nitrogens with zero attached hydrogens (tertiary/aromatic N) is 2. The van der Waals surface area contributed by atoms with Crippen molar-refractivity contribution in [3.05, 3.63) is 30.1 Å². The molecule has 2 rings (SSSR count). The summed E-state index contributed by atoms with van der Waals surface area (Å²) in [4.78, 5) is 6.46. The minimum Gasteiger partial charge on any atom is -0.329 e. The zero-order chi connectivity index (χ0) is 10.7. The molecule has 0 saturated heterocycles. The highest BCUT2D eigenvalue weighted by Gasteiger charge is 2.27. The molecule has 1 heterocycles. The van der Waals surface area contributed by atoms with Crippen molar-refractivity contribution in [1.82, 2.24) is 9.88 Å². The van der Waals surface area contributed by atoms with E-state index in [-0.39, 0.29) is 0 Å². The Morgan fingerprint density at radius 2 is 2.13 bits per heavy atom. The SMILES string of the molecule is CN(C1CCC1)C(CN)c1ccncc1. The van der Waals surface area contributed by atoms with Crippen LogP contribution in [-0.2, 0) is 0 Å². The standard InChI is InChI=1S/C12H19N3/c1-15(11-3-2-4-11)12(9-13)10-5-7-14-8-6-10/h5-8,11-12H,2-4,9,13H2,1H3. The molecule has 2 N–H and O–H groups in total. The molecule has 1 aliphatic carbocycles. The third kappa shape index (κ3) is 2.19. The van der Waals surface area contributed by atoms with E-state index in [4.69, 9.17) is 5.73 Å². The Morgan fingerprint density at radius 1 is 1.47 bits per heavy atom. The quantitative estimate of drug-likeness (QED) is 0.811. The highest BCUT2D eigenvalue weighted by molar-refractivity contribution is 5.16. The van der Waals surface area contributed by atoms with Crippen molar-refractivity contribution in [3.8, 4) is 0 Å². The van der Waals surface area contributed by atoms with E-state index in [1.165, 1.54) is 24.8 Å². The van der Waals surface area contributed by atoms with Gasteiger partial charge >= 0.3 is 0 Å². The summed E-state index contributed by atoms with van der Waals surface area (Å²) in [6, 6.07) is 5.20. The second kappa shape index (κ2) is 4.73. The van der Waals surface area contributed by atoms with Crippen LogP contribution in [0.5, 0.6) is 0 Å². The maximum atomic E-state index is 5.86. The molecule has 1 unspecified atom stereocenters. The molecular formula is C12H19N3. The van der Waals surface area contributed by atoms with Crippen molar-refractivity contribution in [2.45, 2.75) is 31.3 Å². The Balaban J connectivity index is 2.09. The summed E-state index contributed by atoms with van der Waals surface area (Å²) in [5.74, 6) is 0. The highest BCUT2D eigenvalue weighted by atomic mass is 15.2. The van der Waals surface area contributed by atoms with Crippen LogP contribution in [0.2, 0.25) is 0 Å². The summed E-state index contributed by atoms with van der Waals surface area (Å²) in [6.45, 7) is 0.678. The lowest BCUT2D eigenvalue weighted by Crippen LogP contribution is -2.42. The van der Waals surface area contributed by atoms with Crippen molar-refractivity contribution < 1.29 is 0 Å². The Kier molecular flexibility index (Phi) is 3.34. The summed E-state index contributed by atoms with van der Waals surface area (Å²) >= 11 is 0. The van der Waals surface area contributed by atoms with Crippen LogP contribution in [0.15, 0.2) is 24.5 Å². The second-order valence-corrected chi connectivity index (χ2v) is 4.28. The molecule has 1 aromatic rings. The van der Waals surface area contributed by atoms with Gasteiger partial charge in [0.05, 0.1) is 0 Å². The Bertz CT molecular complexity index is 295. The zero-order valence-electron chi connectivity index (χ0n) is 9.26. The summed E-state index contributed by atoms with van der Waals surface area (Å²) < 4.78 is 0. The predicted molar refractivity (Wildman–Crippen MR) is 61.4 cm³/mol. The molecule has 0 radical (unpaired) electrons. The van der Waals surface area contributed by atoms with Gasteiger partial charge in [-0.3, -0.25) is 9.88 Å². The summed E-state index contributed by atoms with van der Waals surface area (Å²) in [5, 5.41) is 0. The van der Waals surface area contributed by atoms with Crippen LogP contribution in [0, 0.1) is 0 Å². The maximum absolute atomic E-state index is 5.86. The van der Waals surface area contributed by atoms with Crippen molar-refractivity contribution >= 4 is 0 Å². The van der Waals surface area contributed by atoms with Gasteiger partial charge in [0, 0.05) is 31.0 Å². The first kappa shape index (κ1) is 10.6. The van der Waals surface area contributed by atoms with E-state index >= 15 is 0 Å². The smallest absolute Gasteiger partial charge is 0.0471 e. The molecule has 0 spiro atoms. The summed E-state index contributed by atoms with van der Waals surface area (Å²) in [6.07, 6.45) is 7.68. The minimum absolute atomic E-state index is 0.346. The van der Waals surface area contributed by atoms with Crippen molar-refractivity contribution in [1.29, 1.82) is 0 Å². The molecule has 1 atom stereocenters. The first-order valence-corrected chi connectivity index (χ1v) is 5.65. The molecule has 0 bridgehead atoms. The largest absolute Gasteiger partial charge is 0.329 e. The lowest BCUT2D eigenvalue weighted by atomic mass is 9.90. The molecular weight excluding hydrogens is 186 g/mol. The lowest BCUT2D eigenvalue weighted by molar-refractivity contribution is 0.113. The van der Waals surface area contributed by atoms with Gasteiger partial charge in [-0.05, 0) is 37.6 Å². The van der Waals surface area contributed by atoms with E-state index in [0.29, 0.717) is 12.6 Å². The molecule has 0 aliphatic heterocycles. The molecule has 15 heavy (non-hydrogen) atoms. The number of pyridine rings is 1. The van der Waals surface area contributed by atoms with E-state index in [1.54, 1.807) is 0 Å². The Labute approximate surface area is 91.3 Å². The zero-order valence-corrected chi connectivity index (χ0v) is 9.26. The molecule has 1 aromatic heterocycles. The number of aromatic nitrogens is 1. The van der Waals surface area contributed by atoms with E-state index in [9.17, 15) is 0 Å². The fourth-order valence-electron chi connectivity index (χ4n) is 2.17. The number of rotatable bonds is 4. The molecule has 1 aliphatic rings. The highest BCUT2D eigenvalue weighted by Crippen LogP contribution is 2.30. The van der Waals surface area contributed by atoms with Gasteiger partial charge in [-0.1, -0.05) is 6.42 Å². The van der Waals surface area contributed by atoms with Crippen molar-refractivity contribution in [3.63, 3.8) is 0 Å². The van der Waals surface area contributed by atoms with Crippen molar-refractivity contribution in [2.75, 3.05) is 13.6 Å². The molecule has 0 amide bonds. The number of likely N-dealkylation sites (N-methyl/N-ethyl adjacent to an activating group) is 1. The first-order chi connectivity index (χ1) is 7.33. The van der Waals surface area contributed by atoms with E-state index < -0.39 is 0 Å². The number of hydrogen-bond donors (Lipinski definition) is 1. The predicted octanol–water partition coefficient (Wildman–Crippen LogP) is 1.57. The fourth-order valence-corrected chi connectivity index (χ4v) is 2.17. The summed E-state index contributed by atoms with van der Waals surface area (Å²) in [7, 11) is 2.18. The van der Waals surface area contributed by atoms with E-state index in [1.807, 2.05) is 12.4 Å². The van der Waals surface area contributed by atoms with Crippen LogP contribution in [0.1, 0.15) is 30.9 Å². The number of nitrogens with two attached hydrogens (primary N) is 1. The Hall–Kier alpha value is -0.930. The van der Waals surface area contributed by atoms with E-state index in [0.717, 1.165) is 6.04 Å². The van der Waals surface area contributed by atoms with Crippen LogP contribution in [0.3, 0.4) is 0 Å². The molecule has 1 fully saturated rings. The number of hydrogen-bond acceptors (Lipinski definition) is 3. The van der Waals surface area contributed by atoms with Crippen LogP contribution < -0.4 is 5.73 Å². The van der Waals surface area contributed by atoms with Crippen LogP contribution >= 0.6 is 0 Å². The maximum Gasteiger partial charge on any atom is 0.0471 e. The first-order valence-electron chi connectivity index (χ1n) is 5.65. The van der Waals surface area contributed by atoms with Gasteiger partial charge < -0.3 is 5.73 Å². The van der Waals surface area contributed by atoms with Gasteiger partial charge in [-0.2, -0.15) is 0 Å². The molecule has 1 saturated carbocycles. The van der Waals surface area contributed by atoms with Gasteiger partial charge in [0.2, 0.25) is 0 Å². The molecule has 3 heteroatoms. The lowest BCUT2D eigenvalue weighted by Gasteiger charge is -2.39. The van der Waals surface area contributed by atoms with Crippen LogP contribution in [-0.4, -0.2) is 29.5 Å². The second-order valence-electron chi connectivity index (χ2n) is 4.28. The normalized spacial score (nSPS) is 18.9. The van der Waals surface area contributed by atoms with Gasteiger partial charge in [-0.25, -0.2) is 0 Å². The van der Waals surface area contributed by atoms with Gasteiger partial charge in [0.25, 0.3) is 0 Å². The average molecular weight is 205 g/mol. The third-order valence-electron chi connectivity index (χ3n) is 3.46. The van der Waals surface area contributed by atoms with E-state index in [2.05, 4.69) is 29.1 Å². The van der Waals surface area contributed by atoms with Gasteiger partial charge in [-0.15, -0.1) is 0 Å².